The number of carbonyl (C=O) groups is 1. The molecule has 0 saturated carbocycles. The average molecular weight is 308 g/mol. The molecule has 1 N–H and O–H groups in total. The van der Waals surface area contributed by atoms with E-state index in [4.69, 9.17) is 4.99 Å². The van der Waals surface area contributed by atoms with Crippen LogP contribution in [0.3, 0.4) is 0 Å². The van der Waals surface area contributed by atoms with E-state index in [9.17, 15) is 9.90 Å². The standard InChI is InChI=1S/C19H20N2O2/c1-12(2)19-20-18-10-17(23)9-6-15(18)11-21(19)16-7-4-14(5-8-16)13(3)22/h4-12,19,23H,1-3H3. The van der Waals surface area contributed by atoms with Crippen LogP contribution in [0.4, 0.5) is 5.69 Å². The van der Waals surface area contributed by atoms with E-state index >= 15 is 0 Å². The molecular formula is C19H20N2O2. The number of ketones is 1. The van der Waals surface area contributed by atoms with Gasteiger partial charge in [-0.15, -0.1) is 0 Å². The first-order chi connectivity index (χ1) is 11.0. The first-order valence-corrected chi connectivity index (χ1v) is 7.74. The number of anilines is 1. The molecule has 2 aromatic rings. The third kappa shape index (κ3) is 2.97. The van der Waals surface area contributed by atoms with E-state index in [1.807, 2.05) is 30.3 Å². The normalized spacial score (nSPS) is 16.5. The van der Waals surface area contributed by atoms with Gasteiger partial charge in [0.05, 0.1) is 5.36 Å². The Balaban J connectivity index is 2.09. The van der Waals surface area contributed by atoms with Crippen LogP contribution in [0.2, 0.25) is 0 Å². The van der Waals surface area contributed by atoms with Crippen molar-refractivity contribution in [2.24, 2.45) is 10.9 Å². The maximum atomic E-state index is 11.4. The first-order valence-electron chi connectivity index (χ1n) is 7.74. The van der Waals surface area contributed by atoms with Crippen LogP contribution in [0.1, 0.15) is 31.1 Å². The molecule has 1 aliphatic heterocycles. The number of aromatic hydroxyl groups is 1. The molecule has 3 rings (SSSR count). The van der Waals surface area contributed by atoms with E-state index < -0.39 is 0 Å². The lowest BCUT2D eigenvalue weighted by Crippen LogP contribution is -2.44. The number of phenols is 1. The fourth-order valence-electron chi connectivity index (χ4n) is 2.75. The van der Waals surface area contributed by atoms with Crippen molar-refractivity contribution in [2.75, 3.05) is 4.90 Å². The smallest absolute Gasteiger partial charge is 0.159 e. The third-order valence-corrected chi connectivity index (χ3v) is 4.02. The number of Topliss-reactive ketones (excluding diaryl/α,β-unsaturated/α-hetero) is 1. The predicted octanol–water partition coefficient (Wildman–Crippen LogP) is 2.45. The molecule has 0 radical (unpaired) electrons. The van der Waals surface area contributed by atoms with Crippen LogP contribution in [0.15, 0.2) is 47.5 Å². The van der Waals surface area contributed by atoms with Gasteiger partial charge in [0.1, 0.15) is 11.9 Å². The van der Waals surface area contributed by atoms with Crippen LogP contribution in [0, 0.1) is 5.92 Å². The Morgan fingerprint density at radius 2 is 1.87 bits per heavy atom. The number of hydrogen-bond donors (Lipinski definition) is 1. The van der Waals surface area contributed by atoms with Crippen molar-refractivity contribution in [3.63, 3.8) is 0 Å². The minimum Gasteiger partial charge on any atom is -0.508 e. The van der Waals surface area contributed by atoms with Gasteiger partial charge in [-0.3, -0.25) is 9.79 Å². The fraction of sp³-hybridized carbons (Fsp3) is 0.263. The van der Waals surface area contributed by atoms with Crippen LogP contribution in [0.5, 0.6) is 5.75 Å². The van der Waals surface area contributed by atoms with Crippen molar-refractivity contribution in [1.29, 1.82) is 0 Å². The van der Waals surface area contributed by atoms with E-state index in [0.717, 1.165) is 16.3 Å². The van der Waals surface area contributed by atoms with Crippen molar-refractivity contribution in [1.82, 2.24) is 0 Å². The monoisotopic (exact) mass is 308 g/mol. The summed E-state index contributed by atoms with van der Waals surface area (Å²) in [7, 11) is 0. The van der Waals surface area contributed by atoms with Crippen LogP contribution in [-0.4, -0.2) is 17.1 Å². The topological polar surface area (TPSA) is 52.9 Å². The number of nitrogens with zero attached hydrogens (tertiary/aromatic N) is 2. The Morgan fingerprint density at radius 1 is 1.17 bits per heavy atom. The lowest BCUT2D eigenvalue weighted by Gasteiger charge is -2.32. The highest BCUT2D eigenvalue weighted by Gasteiger charge is 2.22. The molecule has 118 valence electrons. The summed E-state index contributed by atoms with van der Waals surface area (Å²) >= 11 is 0. The van der Waals surface area contributed by atoms with E-state index in [0.29, 0.717) is 11.5 Å². The lowest BCUT2D eigenvalue weighted by molar-refractivity contribution is 0.101. The van der Waals surface area contributed by atoms with Gasteiger partial charge < -0.3 is 10.0 Å². The predicted molar refractivity (Wildman–Crippen MR) is 90.9 cm³/mol. The molecule has 0 aliphatic carbocycles. The second kappa shape index (κ2) is 5.88. The molecule has 23 heavy (non-hydrogen) atoms. The van der Waals surface area contributed by atoms with Gasteiger partial charge in [0.2, 0.25) is 0 Å². The second-order valence-electron chi connectivity index (χ2n) is 6.17. The number of phenolic OH excluding ortho intramolecular Hbond substituents is 1. The van der Waals surface area contributed by atoms with Gasteiger partial charge in [-0.25, -0.2) is 0 Å². The molecule has 1 atom stereocenters. The highest BCUT2D eigenvalue weighted by atomic mass is 16.3. The highest BCUT2D eigenvalue weighted by molar-refractivity contribution is 5.94. The molecule has 4 nitrogen and oxygen atoms in total. The molecule has 0 fully saturated rings. The maximum Gasteiger partial charge on any atom is 0.159 e. The summed E-state index contributed by atoms with van der Waals surface area (Å²) in [4.78, 5) is 18.3. The van der Waals surface area contributed by atoms with Crippen LogP contribution < -0.4 is 15.5 Å². The van der Waals surface area contributed by atoms with E-state index in [1.165, 1.54) is 0 Å². The van der Waals surface area contributed by atoms with Gasteiger partial charge in [0.25, 0.3) is 0 Å². The number of rotatable bonds is 3. The zero-order valence-electron chi connectivity index (χ0n) is 13.5. The van der Waals surface area contributed by atoms with Gasteiger partial charge in [-0.2, -0.15) is 0 Å². The van der Waals surface area contributed by atoms with Crippen LogP contribution >= 0.6 is 0 Å². The van der Waals surface area contributed by atoms with E-state index in [1.54, 1.807) is 19.1 Å². The van der Waals surface area contributed by atoms with Crippen molar-refractivity contribution in [3.8, 4) is 5.75 Å². The van der Waals surface area contributed by atoms with E-state index in [2.05, 4.69) is 24.9 Å². The van der Waals surface area contributed by atoms with Gasteiger partial charge in [-0.1, -0.05) is 13.8 Å². The summed E-state index contributed by atoms with van der Waals surface area (Å²) in [5.74, 6) is 0.585. The lowest BCUT2D eigenvalue weighted by atomic mass is 10.1. The summed E-state index contributed by atoms with van der Waals surface area (Å²) in [6.07, 6.45) is 2.00. The molecule has 4 heteroatoms. The Morgan fingerprint density at radius 3 is 2.48 bits per heavy atom. The molecular weight excluding hydrogens is 288 g/mol. The molecule has 1 unspecified atom stereocenters. The average Bonchev–Trinajstić information content (AvgIpc) is 2.53. The van der Waals surface area contributed by atoms with Gasteiger partial charge in [-0.05, 0) is 49.2 Å². The van der Waals surface area contributed by atoms with Crippen molar-refractivity contribution in [2.45, 2.75) is 26.9 Å². The SMILES string of the molecule is CC(=O)c1ccc(N2C=c3ccc(O)cc3=NC2C(C)C)cc1. The minimum absolute atomic E-state index is 0.0486. The van der Waals surface area contributed by atoms with Crippen LogP contribution in [0.25, 0.3) is 6.20 Å². The van der Waals surface area contributed by atoms with Crippen molar-refractivity contribution >= 4 is 17.7 Å². The zero-order chi connectivity index (χ0) is 16.6. The Hall–Kier alpha value is -2.62. The highest BCUT2D eigenvalue weighted by Crippen LogP contribution is 2.24. The van der Waals surface area contributed by atoms with Gasteiger partial charge in [0.15, 0.2) is 5.78 Å². The summed E-state index contributed by atoms with van der Waals surface area (Å²) in [6.45, 7) is 5.80. The molecule has 0 spiro atoms. The molecule has 1 aliphatic rings. The Kier molecular flexibility index (Phi) is 3.90. The summed E-state index contributed by atoms with van der Waals surface area (Å²) in [5.41, 5.74) is 1.70. The second-order valence-corrected chi connectivity index (χ2v) is 6.17. The molecule has 2 aromatic carbocycles. The summed E-state index contributed by atoms with van der Waals surface area (Å²) in [6, 6.07) is 12.8. The summed E-state index contributed by atoms with van der Waals surface area (Å²) < 4.78 is 0. The Bertz CT molecular complexity index is 854. The molecule has 0 amide bonds. The van der Waals surface area contributed by atoms with Gasteiger partial charge in [0, 0.05) is 28.7 Å². The van der Waals surface area contributed by atoms with Crippen LogP contribution in [-0.2, 0) is 0 Å². The number of hydrogen-bond acceptors (Lipinski definition) is 4. The molecule has 0 bridgehead atoms. The molecule has 1 heterocycles. The fourth-order valence-corrected chi connectivity index (χ4v) is 2.75. The first kappa shape index (κ1) is 15.3. The Labute approximate surface area is 135 Å². The van der Waals surface area contributed by atoms with Crippen molar-refractivity contribution in [3.05, 3.63) is 58.6 Å². The van der Waals surface area contributed by atoms with Crippen molar-refractivity contribution < 1.29 is 9.90 Å². The summed E-state index contributed by atoms with van der Waals surface area (Å²) in [5, 5.41) is 11.4. The largest absolute Gasteiger partial charge is 0.508 e. The quantitative estimate of drug-likeness (QED) is 0.886. The third-order valence-electron chi connectivity index (χ3n) is 4.02. The van der Waals surface area contributed by atoms with E-state index in [-0.39, 0.29) is 17.7 Å². The minimum atomic E-state index is -0.0486. The number of benzene rings is 2. The van der Waals surface area contributed by atoms with Gasteiger partial charge >= 0.3 is 0 Å². The number of carbonyl (C=O) groups excluding carboxylic acids is 1. The zero-order valence-corrected chi connectivity index (χ0v) is 13.5. The molecule has 0 saturated heterocycles. The maximum absolute atomic E-state index is 11.4. The number of fused-ring (bicyclic) bond motifs is 1. The molecule has 0 aromatic heterocycles.